The largest absolute Gasteiger partial charge is 0.382 e. The molecule has 1 saturated carbocycles. The van der Waals surface area contributed by atoms with E-state index in [2.05, 4.69) is 41.8 Å². The molecule has 21 heavy (non-hydrogen) atoms. The van der Waals surface area contributed by atoms with E-state index in [1.165, 1.54) is 19.3 Å². The molecule has 0 bridgehead atoms. The van der Waals surface area contributed by atoms with Crippen molar-refractivity contribution in [2.24, 2.45) is 11.8 Å². The first-order chi connectivity index (χ1) is 10.2. The first-order valence-corrected chi connectivity index (χ1v) is 8.54. The van der Waals surface area contributed by atoms with Crippen LogP contribution in [0.5, 0.6) is 0 Å². The lowest BCUT2D eigenvalue weighted by atomic mass is 9.93. The smallest absolute Gasteiger partial charge is 0.203 e. The molecule has 0 radical (unpaired) electrons. The molecule has 1 aromatic rings. The Hall–Kier alpha value is -1.03. The summed E-state index contributed by atoms with van der Waals surface area (Å²) in [6, 6.07) is 0.602. The van der Waals surface area contributed by atoms with E-state index >= 15 is 0 Å². The molecule has 4 heteroatoms. The summed E-state index contributed by atoms with van der Waals surface area (Å²) in [7, 11) is 0. The Balaban J connectivity index is 1.97. The van der Waals surface area contributed by atoms with Crippen LogP contribution in [0.2, 0.25) is 0 Å². The molecule has 3 unspecified atom stereocenters. The lowest BCUT2D eigenvalue weighted by molar-refractivity contribution is 0.147. The molecule has 1 aliphatic rings. The van der Waals surface area contributed by atoms with Crippen molar-refractivity contribution in [1.82, 2.24) is 9.55 Å². The van der Waals surface area contributed by atoms with Gasteiger partial charge in [0.05, 0.1) is 5.69 Å². The second-order valence-corrected chi connectivity index (χ2v) is 6.26. The highest BCUT2D eigenvalue weighted by Gasteiger charge is 2.33. The van der Waals surface area contributed by atoms with Crippen molar-refractivity contribution in [1.29, 1.82) is 0 Å². The van der Waals surface area contributed by atoms with Crippen LogP contribution in [-0.4, -0.2) is 29.3 Å². The van der Waals surface area contributed by atoms with Crippen LogP contribution in [-0.2, 0) is 4.74 Å². The van der Waals surface area contributed by atoms with Gasteiger partial charge in [-0.05, 0) is 44.9 Å². The van der Waals surface area contributed by atoms with Gasteiger partial charge in [0.1, 0.15) is 0 Å². The molecular formula is C17H31N3O. The Bertz CT molecular complexity index is 430. The standard InChI is InChI=1S/C17H31N3O/c1-5-15-8-9-16(14(15)4)20-12-13(3)19-17(20)18-10-7-11-21-6-2/h12,14-16H,5-11H2,1-4H3,(H,18,19). The predicted molar refractivity (Wildman–Crippen MR) is 87.8 cm³/mol. The monoisotopic (exact) mass is 293 g/mol. The quantitative estimate of drug-likeness (QED) is 0.736. The van der Waals surface area contributed by atoms with Crippen molar-refractivity contribution in [2.45, 2.75) is 59.4 Å². The number of nitrogens with zero attached hydrogens (tertiary/aromatic N) is 2. The van der Waals surface area contributed by atoms with Crippen LogP contribution in [0, 0.1) is 18.8 Å². The van der Waals surface area contributed by atoms with Gasteiger partial charge in [0.15, 0.2) is 0 Å². The van der Waals surface area contributed by atoms with Gasteiger partial charge in [-0.1, -0.05) is 20.3 Å². The van der Waals surface area contributed by atoms with Gasteiger partial charge in [-0.3, -0.25) is 0 Å². The van der Waals surface area contributed by atoms with Crippen molar-refractivity contribution in [3.8, 4) is 0 Å². The predicted octanol–water partition coefficient (Wildman–Crippen LogP) is 4.03. The summed E-state index contributed by atoms with van der Waals surface area (Å²) in [4.78, 5) is 4.67. The molecule has 2 rings (SSSR count). The van der Waals surface area contributed by atoms with Gasteiger partial charge in [-0.2, -0.15) is 0 Å². The average molecular weight is 293 g/mol. The van der Waals surface area contributed by atoms with Crippen LogP contribution in [0.1, 0.15) is 58.2 Å². The van der Waals surface area contributed by atoms with Gasteiger partial charge < -0.3 is 14.6 Å². The fourth-order valence-electron chi connectivity index (χ4n) is 3.61. The summed E-state index contributed by atoms with van der Waals surface area (Å²) in [5.41, 5.74) is 1.11. The van der Waals surface area contributed by atoms with Gasteiger partial charge in [0.25, 0.3) is 0 Å². The number of hydrogen-bond donors (Lipinski definition) is 1. The first kappa shape index (κ1) is 16.3. The zero-order chi connectivity index (χ0) is 15.2. The lowest BCUT2D eigenvalue weighted by Crippen LogP contribution is -2.18. The molecular weight excluding hydrogens is 262 g/mol. The normalized spacial score (nSPS) is 25.4. The minimum atomic E-state index is 0.602. The van der Waals surface area contributed by atoms with E-state index in [1.807, 2.05) is 6.92 Å². The summed E-state index contributed by atoms with van der Waals surface area (Å²) in [5, 5.41) is 3.50. The molecule has 0 amide bonds. The Morgan fingerprint density at radius 1 is 1.38 bits per heavy atom. The second-order valence-electron chi connectivity index (χ2n) is 6.26. The van der Waals surface area contributed by atoms with Crippen LogP contribution < -0.4 is 5.32 Å². The third-order valence-electron chi connectivity index (χ3n) is 4.87. The molecule has 4 nitrogen and oxygen atoms in total. The van der Waals surface area contributed by atoms with E-state index in [0.29, 0.717) is 6.04 Å². The van der Waals surface area contributed by atoms with Gasteiger partial charge in [-0.25, -0.2) is 4.98 Å². The topological polar surface area (TPSA) is 39.1 Å². The summed E-state index contributed by atoms with van der Waals surface area (Å²) in [6.45, 7) is 11.4. The van der Waals surface area contributed by atoms with E-state index in [4.69, 9.17) is 4.74 Å². The van der Waals surface area contributed by atoms with E-state index < -0.39 is 0 Å². The molecule has 120 valence electrons. The SMILES string of the molecule is CCOCCCNc1nc(C)cn1C1CCC(CC)C1C. The maximum Gasteiger partial charge on any atom is 0.203 e. The third-order valence-corrected chi connectivity index (χ3v) is 4.87. The maximum atomic E-state index is 5.39. The van der Waals surface area contributed by atoms with Crippen molar-refractivity contribution >= 4 is 5.95 Å². The van der Waals surface area contributed by atoms with Crippen molar-refractivity contribution < 1.29 is 4.74 Å². The van der Waals surface area contributed by atoms with Gasteiger partial charge in [-0.15, -0.1) is 0 Å². The van der Waals surface area contributed by atoms with Crippen molar-refractivity contribution in [2.75, 3.05) is 25.1 Å². The Kier molecular flexibility index (Phi) is 6.09. The number of ether oxygens (including phenoxy) is 1. The van der Waals surface area contributed by atoms with Crippen LogP contribution in [0.25, 0.3) is 0 Å². The van der Waals surface area contributed by atoms with Gasteiger partial charge in [0.2, 0.25) is 5.95 Å². The van der Waals surface area contributed by atoms with Crippen molar-refractivity contribution in [3.63, 3.8) is 0 Å². The molecule has 3 atom stereocenters. The molecule has 1 aliphatic carbocycles. The second kappa shape index (κ2) is 7.83. The van der Waals surface area contributed by atoms with Crippen LogP contribution in [0.3, 0.4) is 0 Å². The minimum Gasteiger partial charge on any atom is -0.382 e. The van der Waals surface area contributed by atoms with E-state index in [0.717, 1.165) is 49.7 Å². The molecule has 1 heterocycles. The third kappa shape index (κ3) is 4.00. The van der Waals surface area contributed by atoms with Gasteiger partial charge >= 0.3 is 0 Å². The Morgan fingerprint density at radius 2 is 2.19 bits per heavy atom. The number of hydrogen-bond acceptors (Lipinski definition) is 3. The number of aromatic nitrogens is 2. The number of anilines is 1. The Labute approximate surface area is 129 Å². The highest BCUT2D eigenvalue weighted by Crippen LogP contribution is 2.42. The lowest BCUT2D eigenvalue weighted by Gasteiger charge is -2.23. The number of nitrogens with one attached hydrogen (secondary N) is 1. The molecule has 1 N–H and O–H groups in total. The zero-order valence-corrected chi connectivity index (χ0v) is 14.1. The van der Waals surface area contributed by atoms with Crippen molar-refractivity contribution in [3.05, 3.63) is 11.9 Å². The van der Waals surface area contributed by atoms with E-state index in [9.17, 15) is 0 Å². The fraction of sp³-hybridized carbons (Fsp3) is 0.824. The number of imidazole rings is 1. The highest BCUT2D eigenvalue weighted by atomic mass is 16.5. The number of aryl methyl sites for hydroxylation is 1. The summed E-state index contributed by atoms with van der Waals surface area (Å²) in [6.07, 6.45) is 7.16. The molecule has 1 fully saturated rings. The summed E-state index contributed by atoms with van der Waals surface area (Å²) < 4.78 is 7.77. The molecule has 1 aromatic heterocycles. The van der Waals surface area contributed by atoms with Crippen LogP contribution in [0.4, 0.5) is 5.95 Å². The summed E-state index contributed by atoms with van der Waals surface area (Å²) >= 11 is 0. The Morgan fingerprint density at radius 3 is 2.86 bits per heavy atom. The van der Waals surface area contributed by atoms with E-state index in [1.54, 1.807) is 0 Å². The highest BCUT2D eigenvalue weighted by molar-refractivity contribution is 5.30. The van der Waals surface area contributed by atoms with Crippen LogP contribution in [0.15, 0.2) is 6.20 Å². The average Bonchev–Trinajstić information content (AvgIpc) is 3.01. The first-order valence-electron chi connectivity index (χ1n) is 8.54. The molecule has 0 aromatic carbocycles. The van der Waals surface area contributed by atoms with Gasteiger partial charge in [0, 0.05) is 32.0 Å². The van der Waals surface area contributed by atoms with E-state index in [-0.39, 0.29) is 0 Å². The number of rotatable bonds is 8. The zero-order valence-electron chi connectivity index (χ0n) is 14.1. The molecule has 0 saturated heterocycles. The minimum absolute atomic E-state index is 0.602. The molecule has 0 aliphatic heterocycles. The molecule has 0 spiro atoms. The maximum absolute atomic E-state index is 5.39. The fourth-order valence-corrected chi connectivity index (χ4v) is 3.61. The van der Waals surface area contributed by atoms with Crippen LogP contribution >= 0.6 is 0 Å². The summed E-state index contributed by atoms with van der Waals surface area (Å²) in [5.74, 6) is 2.65.